The van der Waals surface area contributed by atoms with Gasteiger partial charge in [-0.25, -0.2) is 0 Å². The van der Waals surface area contributed by atoms with Gasteiger partial charge >= 0.3 is 0 Å². The Bertz CT molecular complexity index is 711. The number of carbonyl (C=O) groups is 1. The molecule has 4 nitrogen and oxygen atoms in total. The van der Waals surface area contributed by atoms with Crippen molar-refractivity contribution in [1.82, 2.24) is 9.80 Å². The van der Waals surface area contributed by atoms with Crippen LogP contribution in [0.25, 0.3) is 0 Å². The molecule has 1 aromatic carbocycles. The fourth-order valence-electron chi connectivity index (χ4n) is 4.37. The summed E-state index contributed by atoms with van der Waals surface area (Å²) in [5.74, 6) is 0.193. The maximum absolute atomic E-state index is 12.5. The van der Waals surface area contributed by atoms with Crippen molar-refractivity contribution in [2.24, 2.45) is 0 Å². The summed E-state index contributed by atoms with van der Waals surface area (Å²) < 4.78 is 6.03. The summed E-state index contributed by atoms with van der Waals surface area (Å²) in [5, 5.41) is 3.93. The highest BCUT2D eigenvalue weighted by atomic mass is 32.1. The summed E-state index contributed by atoms with van der Waals surface area (Å²) in [6.07, 6.45) is 4.63. The highest BCUT2D eigenvalue weighted by Crippen LogP contribution is 2.27. The minimum atomic E-state index is 0.193. The lowest BCUT2D eigenvalue weighted by molar-refractivity contribution is 0.0314. The van der Waals surface area contributed by atoms with Crippen molar-refractivity contribution in [3.63, 3.8) is 0 Å². The van der Waals surface area contributed by atoms with Crippen LogP contribution in [-0.4, -0.2) is 54.0 Å². The first-order valence-electron chi connectivity index (χ1n) is 10.00. The molecule has 4 rings (SSSR count). The number of carbonyl (C=O) groups excluding carboxylic acids is 1. The Kier molecular flexibility index (Phi) is 6.22. The van der Waals surface area contributed by atoms with Crippen LogP contribution in [0.5, 0.6) is 0 Å². The van der Waals surface area contributed by atoms with Crippen LogP contribution in [0.15, 0.2) is 47.2 Å². The first-order chi connectivity index (χ1) is 13.3. The number of nitrogens with zero attached hydrogens (tertiary/aromatic N) is 2. The molecule has 5 heteroatoms. The van der Waals surface area contributed by atoms with Gasteiger partial charge < -0.3 is 9.64 Å². The van der Waals surface area contributed by atoms with Gasteiger partial charge in [-0.15, -0.1) is 0 Å². The summed E-state index contributed by atoms with van der Waals surface area (Å²) in [5.41, 5.74) is 2.08. The first-order valence-corrected chi connectivity index (χ1v) is 10.9. The molecule has 144 valence electrons. The molecule has 1 amide bonds. The smallest absolute Gasteiger partial charge is 0.254 e. The number of benzene rings is 1. The zero-order valence-corrected chi connectivity index (χ0v) is 16.6. The van der Waals surface area contributed by atoms with Crippen molar-refractivity contribution < 1.29 is 9.53 Å². The first kappa shape index (κ1) is 18.7. The lowest BCUT2D eigenvalue weighted by atomic mass is 10.0. The number of amides is 1. The second kappa shape index (κ2) is 9.00. The molecular weight excluding hydrogens is 356 g/mol. The molecule has 1 aromatic heterocycles. The Morgan fingerprint density at radius 1 is 1.07 bits per heavy atom. The third kappa shape index (κ3) is 4.60. The molecule has 3 heterocycles. The number of thiophene rings is 1. The average molecular weight is 385 g/mol. The van der Waals surface area contributed by atoms with E-state index in [1.165, 1.54) is 24.9 Å². The normalized spacial score (nSPS) is 21.6. The van der Waals surface area contributed by atoms with Crippen LogP contribution in [-0.2, 0) is 11.3 Å². The summed E-state index contributed by atoms with van der Waals surface area (Å²) in [6, 6.07) is 13.4. The quantitative estimate of drug-likeness (QED) is 0.754. The molecule has 0 spiro atoms. The van der Waals surface area contributed by atoms with E-state index in [-0.39, 0.29) is 5.91 Å². The molecule has 27 heavy (non-hydrogen) atoms. The highest BCUT2D eigenvalue weighted by molar-refractivity contribution is 7.08. The van der Waals surface area contributed by atoms with Gasteiger partial charge in [-0.3, -0.25) is 9.69 Å². The largest absolute Gasteiger partial charge is 0.375 e. The summed E-state index contributed by atoms with van der Waals surface area (Å²) in [4.78, 5) is 17.2. The van der Waals surface area contributed by atoms with E-state index in [0.717, 1.165) is 38.1 Å². The van der Waals surface area contributed by atoms with Crippen molar-refractivity contribution in [3.8, 4) is 0 Å². The molecule has 0 aliphatic carbocycles. The second-order valence-electron chi connectivity index (χ2n) is 7.57. The van der Waals surface area contributed by atoms with E-state index in [1.54, 1.807) is 11.3 Å². The number of ether oxygens (including phenoxy) is 1. The molecule has 1 atom stereocenters. The van der Waals surface area contributed by atoms with Crippen LogP contribution < -0.4 is 0 Å². The van der Waals surface area contributed by atoms with Crippen molar-refractivity contribution >= 4 is 17.2 Å². The topological polar surface area (TPSA) is 32.8 Å². The van der Waals surface area contributed by atoms with Gasteiger partial charge in [0, 0.05) is 30.6 Å². The molecule has 2 aromatic rings. The van der Waals surface area contributed by atoms with Crippen LogP contribution in [0.4, 0.5) is 0 Å². The Morgan fingerprint density at radius 3 is 2.63 bits per heavy atom. The van der Waals surface area contributed by atoms with Gasteiger partial charge in [0.15, 0.2) is 0 Å². The molecule has 2 aliphatic heterocycles. The Balaban J connectivity index is 1.25. The third-order valence-electron chi connectivity index (χ3n) is 5.83. The molecular formula is C22H28N2O2S. The molecule has 0 saturated carbocycles. The van der Waals surface area contributed by atoms with Gasteiger partial charge in [-0.2, -0.15) is 11.3 Å². The summed E-state index contributed by atoms with van der Waals surface area (Å²) in [6.45, 7) is 4.41. The van der Waals surface area contributed by atoms with Crippen LogP contribution >= 0.6 is 11.3 Å². The van der Waals surface area contributed by atoms with Crippen LogP contribution in [0.1, 0.15) is 41.6 Å². The zero-order valence-electron chi connectivity index (χ0n) is 15.8. The second-order valence-corrected chi connectivity index (χ2v) is 8.35. The highest BCUT2D eigenvalue weighted by Gasteiger charge is 2.34. The van der Waals surface area contributed by atoms with E-state index in [1.807, 2.05) is 27.8 Å². The molecule has 0 N–H and O–H groups in total. The standard InChI is InChI=1S/C22H28N2O2S/c25-22(19-10-14-27-17-19)23-12-8-20(9-13-23)24-11-4-7-21(24)16-26-15-18-5-2-1-3-6-18/h1-3,5-6,10,14,17,20-21H,4,7-9,11-13,15-16H2/t21-/m0/s1. The van der Waals surface area contributed by atoms with Gasteiger partial charge in [-0.05, 0) is 49.2 Å². The van der Waals surface area contributed by atoms with E-state index in [0.29, 0.717) is 18.7 Å². The summed E-state index contributed by atoms with van der Waals surface area (Å²) >= 11 is 1.59. The Morgan fingerprint density at radius 2 is 1.89 bits per heavy atom. The average Bonchev–Trinajstić information content (AvgIpc) is 3.41. The predicted octanol–water partition coefficient (Wildman–Crippen LogP) is 4.03. The van der Waals surface area contributed by atoms with E-state index < -0.39 is 0 Å². The van der Waals surface area contributed by atoms with Gasteiger partial charge in [0.25, 0.3) is 5.91 Å². The van der Waals surface area contributed by atoms with Crippen molar-refractivity contribution in [1.29, 1.82) is 0 Å². The van der Waals surface area contributed by atoms with Gasteiger partial charge in [-0.1, -0.05) is 30.3 Å². The van der Waals surface area contributed by atoms with E-state index in [9.17, 15) is 4.79 Å². The van der Waals surface area contributed by atoms with Crippen molar-refractivity contribution in [2.45, 2.75) is 44.4 Å². The number of rotatable bonds is 6. The maximum atomic E-state index is 12.5. The fourth-order valence-corrected chi connectivity index (χ4v) is 5.00. The van der Waals surface area contributed by atoms with Gasteiger partial charge in [0.2, 0.25) is 0 Å². The van der Waals surface area contributed by atoms with Crippen LogP contribution in [0.2, 0.25) is 0 Å². The third-order valence-corrected chi connectivity index (χ3v) is 6.52. The van der Waals surface area contributed by atoms with E-state index in [2.05, 4.69) is 29.2 Å². The Hall–Kier alpha value is -1.69. The van der Waals surface area contributed by atoms with Crippen molar-refractivity contribution in [2.75, 3.05) is 26.2 Å². The monoisotopic (exact) mass is 384 g/mol. The number of piperidine rings is 1. The predicted molar refractivity (Wildman–Crippen MR) is 109 cm³/mol. The van der Waals surface area contributed by atoms with E-state index in [4.69, 9.17) is 4.74 Å². The van der Waals surface area contributed by atoms with Crippen LogP contribution in [0, 0.1) is 0 Å². The lowest BCUT2D eigenvalue weighted by Gasteiger charge is -2.39. The molecule has 2 aliphatic rings. The zero-order chi connectivity index (χ0) is 18.5. The van der Waals surface area contributed by atoms with Crippen molar-refractivity contribution in [3.05, 3.63) is 58.3 Å². The minimum Gasteiger partial charge on any atom is -0.375 e. The summed E-state index contributed by atoms with van der Waals surface area (Å²) in [7, 11) is 0. The number of hydrogen-bond acceptors (Lipinski definition) is 4. The Labute approximate surface area is 165 Å². The molecule has 2 fully saturated rings. The molecule has 0 bridgehead atoms. The van der Waals surface area contributed by atoms with Crippen LogP contribution in [0.3, 0.4) is 0 Å². The minimum absolute atomic E-state index is 0.193. The molecule has 2 saturated heterocycles. The number of likely N-dealkylation sites (tertiary alicyclic amines) is 2. The molecule has 0 radical (unpaired) electrons. The SMILES string of the molecule is O=C(c1ccsc1)N1CCC(N2CCC[C@H]2COCc2ccccc2)CC1. The fraction of sp³-hybridized carbons (Fsp3) is 0.500. The maximum Gasteiger partial charge on any atom is 0.254 e. The van der Waals surface area contributed by atoms with Gasteiger partial charge in [0.1, 0.15) is 0 Å². The lowest BCUT2D eigenvalue weighted by Crippen LogP contribution is -2.49. The number of hydrogen-bond donors (Lipinski definition) is 0. The van der Waals surface area contributed by atoms with Gasteiger partial charge in [0.05, 0.1) is 18.8 Å². The van der Waals surface area contributed by atoms with E-state index >= 15 is 0 Å². The molecule has 0 unspecified atom stereocenters.